The molecule has 0 N–H and O–H groups in total. The second kappa shape index (κ2) is 3.72. The molecular weight excluding hydrogens is 132 g/mol. The number of hydrogen-bond donors (Lipinski definition) is 0. The number of rotatable bonds is 2. The lowest BCUT2D eigenvalue weighted by molar-refractivity contribution is -0.104. The van der Waals surface area contributed by atoms with Gasteiger partial charge in [0.2, 0.25) is 0 Å². The van der Waals surface area contributed by atoms with Crippen molar-refractivity contribution in [3.63, 3.8) is 0 Å². The van der Waals surface area contributed by atoms with Gasteiger partial charge in [-0.25, -0.2) is 0 Å². The summed E-state index contributed by atoms with van der Waals surface area (Å²) in [7, 11) is 0. The lowest BCUT2D eigenvalue weighted by Crippen LogP contribution is -1.90. The Bertz CT molecular complexity index is 114. The second-order valence-electron chi connectivity index (χ2n) is 2.14. The van der Waals surface area contributed by atoms with E-state index in [1.165, 1.54) is 17.9 Å². The molecule has 1 atom stereocenters. The molecule has 0 radical (unpaired) electrons. The highest BCUT2D eigenvalue weighted by molar-refractivity contribution is 7.99. The molecule has 1 unspecified atom stereocenters. The van der Waals surface area contributed by atoms with Crippen molar-refractivity contribution in [2.75, 3.05) is 11.5 Å². The average molecular weight is 142 g/mol. The van der Waals surface area contributed by atoms with E-state index in [1.807, 2.05) is 17.8 Å². The van der Waals surface area contributed by atoms with Crippen molar-refractivity contribution in [1.29, 1.82) is 0 Å². The molecule has 1 fully saturated rings. The van der Waals surface area contributed by atoms with Crippen LogP contribution in [0.2, 0.25) is 0 Å². The molecule has 1 aliphatic rings. The maximum absolute atomic E-state index is 9.87. The molecule has 0 aromatic rings. The third kappa shape index (κ3) is 2.22. The Hall–Kier alpha value is -0.240. The lowest BCUT2D eigenvalue weighted by atomic mass is 10.1. The van der Waals surface area contributed by atoms with Crippen LogP contribution in [0.15, 0.2) is 12.2 Å². The molecule has 0 amide bonds. The van der Waals surface area contributed by atoms with Crippen molar-refractivity contribution in [3.8, 4) is 0 Å². The highest BCUT2D eigenvalue weighted by Crippen LogP contribution is 2.23. The summed E-state index contributed by atoms with van der Waals surface area (Å²) in [5.74, 6) is 3.12. The number of carbonyl (C=O) groups excluding carboxylic acids is 1. The quantitative estimate of drug-likeness (QED) is 0.429. The fourth-order valence-electron chi connectivity index (χ4n) is 0.907. The summed E-state index contributed by atoms with van der Waals surface area (Å²) in [6.45, 7) is 0. The van der Waals surface area contributed by atoms with Crippen LogP contribution in [0.25, 0.3) is 0 Å². The molecule has 2 heteroatoms. The smallest absolute Gasteiger partial charge is 0.142 e. The van der Waals surface area contributed by atoms with E-state index in [4.69, 9.17) is 0 Å². The maximum Gasteiger partial charge on any atom is 0.142 e. The minimum atomic E-state index is 0.667. The van der Waals surface area contributed by atoms with Gasteiger partial charge in [0.05, 0.1) is 0 Å². The van der Waals surface area contributed by atoms with E-state index in [1.54, 1.807) is 6.08 Å². The molecule has 0 saturated carbocycles. The van der Waals surface area contributed by atoms with Gasteiger partial charge in [-0.2, -0.15) is 11.8 Å². The van der Waals surface area contributed by atoms with Gasteiger partial charge in [0.15, 0.2) is 0 Å². The Labute approximate surface area is 59.5 Å². The summed E-state index contributed by atoms with van der Waals surface area (Å²) in [6.07, 6.45) is 5.71. The van der Waals surface area contributed by atoms with Gasteiger partial charge in [0.1, 0.15) is 6.29 Å². The molecular formula is C7H10OS. The summed E-state index contributed by atoms with van der Waals surface area (Å²) < 4.78 is 0. The first-order chi connectivity index (χ1) is 4.43. The molecule has 1 heterocycles. The van der Waals surface area contributed by atoms with Gasteiger partial charge >= 0.3 is 0 Å². The van der Waals surface area contributed by atoms with Gasteiger partial charge in [0.25, 0.3) is 0 Å². The van der Waals surface area contributed by atoms with Gasteiger partial charge in [-0.05, 0) is 29.9 Å². The molecule has 1 aliphatic heterocycles. The average Bonchev–Trinajstić information content (AvgIpc) is 2.34. The van der Waals surface area contributed by atoms with Gasteiger partial charge in [-0.3, -0.25) is 4.79 Å². The first kappa shape index (κ1) is 6.87. The standard InChI is InChI=1S/C7H10OS/c8-4-1-2-7-3-5-9-6-7/h1-2,4,7H,3,5-6H2/b2-1+. The molecule has 1 rings (SSSR count). The van der Waals surface area contributed by atoms with E-state index >= 15 is 0 Å². The number of hydrogen-bond acceptors (Lipinski definition) is 2. The number of allylic oxidation sites excluding steroid dienone is 2. The SMILES string of the molecule is O=C/C=C/C1CCSC1. The zero-order chi connectivity index (χ0) is 6.53. The van der Waals surface area contributed by atoms with Crippen molar-refractivity contribution < 1.29 is 4.79 Å². The summed E-state index contributed by atoms with van der Waals surface area (Å²) in [5.41, 5.74) is 0. The van der Waals surface area contributed by atoms with Gasteiger partial charge in [0, 0.05) is 0 Å². The molecule has 0 bridgehead atoms. The topological polar surface area (TPSA) is 17.1 Å². The Morgan fingerprint density at radius 1 is 1.56 bits per heavy atom. The predicted molar refractivity (Wildman–Crippen MR) is 40.6 cm³/mol. The van der Waals surface area contributed by atoms with Crippen LogP contribution >= 0.6 is 11.8 Å². The van der Waals surface area contributed by atoms with Crippen LogP contribution in [0, 0.1) is 5.92 Å². The minimum Gasteiger partial charge on any atom is -0.299 e. The zero-order valence-electron chi connectivity index (χ0n) is 5.25. The van der Waals surface area contributed by atoms with Crippen molar-refractivity contribution in [1.82, 2.24) is 0 Å². The summed E-state index contributed by atoms with van der Waals surface area (Å²) in [6, 6.07) is 0. The van der Waals surface area contributed by atoms with E-state index < -0.39 is 0 Å². The molecule has 0 spiro atoms. The van der Waals surface area contributed by atoms with Crippen LogP contribution in [0.4, 0.5) is 0 Å². The van der Waals surface area contributed by atoms with Crippen LogP contribution in [0.5, 0.6) is 0 Å². The van der Waals surface area contributed by atoms with E-state index in [-0.39, 0.29) is 0 Å². The molecule has 50 valence electrons. The second-order valence-corrected chi connectivity index (χ2v) is 3.29. The van der Waals surface area contributed by atoms with E-state index in [0.29, 0.717) is 5.92 Å². The highest BCUT2D eigenvalue weighted by Gasteiger charge is 2.10. The van der Waals surface area contributed by atoms with E-state index in [0.717, 1.165) is 6.29 Å². The van der Waals surface area contributed by atoms with Crippen molar-refractivity contribution in [3.05, 3.63) is 12.2 Å². The summed E-state index contributed by atoms with van der Waals surface area (Å²) in [5, 5.41) is 0. The number of thioether (sulfide) groups is 1. The predicted octanol–water partition coefficient (Wildman–Crippen LogP) is 1.49. The maximum atomic E-state index is 9.87. The minimum absolute atomic E-state index is 0.667. The lowest BCUT2D eigenvalue weighted by Gasteiger charge is -1.95. The molecule has 0 aromatic heterocycles. The van der Waals surface area contributed by atoms with Crippen LogP contribution in [-0.2, 0) is 4.79 Å². The normalized spacial score (nSPS) is 27.3. The molecule has 0 aromatic carbocycles. The van der Waals surface area contributed by atoms with Crippen molar-refractivity contribution in [2.45, 2.75) is 6.42 Å². The van der Waals surface area contributed by atoms with Crippen LogP contribution in [0.3, 0.4) is 0 Å². The van der Waals surface area contributed by atoms with Crippen molar-refractivity contribution >= 4 is 18.0 Å². The highest BCUT2D eigenvalue weighted by atomic mass is 32.2. The first-order valence-electron chi connectivity index (χ1n) is 3.13. The summed E-state index contributed by atoms with van der Waals surface area (Å²) in [4.78, 5) is 9.87. The zero-order valence-corrected chi connectivity index (χ0v) is 6.06. The van der Waals surface area contributed by atoms with E-state index in [9.17, 15) is 4.79 Å². The van der Waals surface area contributed by atoms with Gasteiger partial charge in [-0.15, -0.1) is 0 Å². The Morgan fingerprint density at radius 3 is 3.00 bits per heavy atom. The van der Waals surface area contributed by atoms with Crippen molar-refractivity contribution in [2.24, 2.45) is 5.92 Å². The van der Waals surface area contributed by atoms with Crippen LogP contribution in [-0.4, -0.2) is 17.8 Å². The van der Waals surface area contributed by atoms with Gasteiger partial charge in [-0.1, -0.05) is 6.08 Å². The molecule has 1 saturated heterocycles. The largest absolute Gasteiger partial charge is 0.299 e. The monoisotopic (exact) mass is 142 g/mol. The molecule has 9 heavy (non-hydrogen) atoms. The molecule has 0 aliphatic carbocycles. The van der Waals surface area contributed by atoms with E-state index in [2.05, 4.69) is 0 Å². The van der Waals surface area contributed by atoms with Crippen LogP contribution in [0.1, 0.15) is 6.42 Å². The number of aldehydes is 1. The fourth-order valence-corrected chi connectivity index (χ4v) is 2.12. The Kier molecular flexibility index (Phi) is 2.84. The molecule has 1 nitrogen and oxygen atoms in total. The third-order valence-electron chi connectivity index (χ3n) is 1.43. The third-order valence-corrected chi connectivity index (χ3v) is 2.61. The fraction of sp³-hybridized carbons (Fsp3) is 0.571. The van der Waals surface area contributed by atoms with Crippen LogP contribution < -0.4 is 0 Å². The Balaban J connectivity index is 2.25. The number of carbonyl (C=O) groups is 1. The summed E-state index contributed by atoms with van der Waals surface area (Å²) >= 11 is 1.97. The first-order valence-corrected chi connectivity index (χ1v) is 4.28. The van der Waals surface area contributed by atoms with Gasteiger partial charge < -0.3 is 0 Å². The Morgan fingerprint density at radius 2 is 2.44 bits per heavy atom.